The van der Waals surface area contributed by atoms with Gasteiger partial charge >= 0.3 is 17.9 Å². The average Bonchev–Trinajstić information content (AvgIpc) is 3.03. The van der Waals surface area contributed by atoms with Crippen molar-refractivity contribution in [2.45, 2.75) is 70.0 Å². The van der Waals surface area contributed by atoms with Gasteiger partial charge in [-0.3, -0.25) is 0 Å². The number of halogens is 2. The van der Waals surface area contributed by atoms with E-state index in [9.17, 15) is 18.4 Å². The number of rotatable bonds is 7. The van der Waals surface area contributed by atoms with Crippen molar-refractivity contribution >= 4 is 11.9 Å². The molecule has 0 aliphatic heterocycles. The maximum Gasteiger partial charge on any atom is 0.380 e. The van der Waals surface area contributed by atoms with E-state index < -0.39 is 23.5 Å². The third-order valence-electron chi connectivity index (χ3n) is 4.96. The summed E-state index contributed by atoms with van der Waals surface area (Å²) < 4.78 is 38.2. The molecule has 1 N–H and O–H groups in total. The van der Waals surface area contributed by atoms with Gasteiger partial charge in [-0.05, 0) is 70.2 Å². The number of ether oxygens (including phenoxy) is 2. The summed E-state index contributed by atoms with van der Waals surface area (Å²) >= 11 is 0. The molecule has 1 aliphatic carbocycles. The number of carbonyl (C=O) groups excluding carboxylic acids is 1. The summed E-state index contributed by atoms with van der Waals surface area (Å²) in [6.07, 6.45) is 5.07. The van der Waals surface area contributed by atoms with Crippen LogP contribution in [0.1, 0.15) is 63.2 Å². The Bertz CT molecular complexity index is 661. The van der Waals surface area contributed by atoms with Gasteiger partial charge in [0.05, 0.1) is 5.56 Å². The molecular formula is C19H24F2O5. The van der Waals surface area contributed by atoms with Crippen LogP contribution in [-0.4, -0.2) is 34.2 Å². The van der Waals surface area contributed by atoms with Gasteiger partial charge in [0.1, 0.15) is 11.4 Å². The van der Waals surface area contributed by atoms with E-state index in [1.165, 1.54) is 12.1 Å². The van der Waals surface area contributed by atoms with Crippen LogP contribution < -0.4 is 4.74 Å². The number of esters is 1. The molecule has 0 bridgehead atoms. The second-order valence-corrected chi connectivity index (χ2v) is 7.15. The topological polar surface area (TPSA) is 72.8 Å². The third-order valence-corrected chi connectivity index (χ3v) is 4.96. The van der Waals surface area contributed by atoms with E-state index in [0.717, 1.165) is 46.0 Å². The van der Waals surface area contributed by atoms with Crippen LogP contribution in [0.5, 0.6) is 5.75 Å². The fourth-order valence-corrected chi connectivity index (χ4v) is 3.07. The van der Waals surface area contributed by atoms with Crippen LogP contribution in [0, 0.1) is 0 Å². The predicted octanol–water partition coefficient (Wildman–Crippen LogP) is 4.44. The molecule has 26 heavy (non-hydrogen) atoms. The molecule has 1 fully saturated rings. The number of hydrogen-bond donors (Lipinski definition) is 1. The lowest BCUT2D eigenvalue weighted by Crippen LogP contribution is -2.51. The first-order chi connectivity index (χ1) is 12.0. The quantitative estimate of drug-likeness (QED) is 0.718. The summed E-state index contributed by atoms with van der Waals surface area (Å²) in [6, 6.07) is 6.03. The first kappa shape index (κ1) is 20.1. The highest BCUT2D eigenvalue weighted by molar-refractivity contribution is 5.90. The van der Waals surface area contributed by atoms with Crippen molar-refractivity contribution in [3.8, 4) is 5.75 Å². The molecule has 1 aliphatic rings. The van der Waals surface area contributed by atoms with Gasteiger partial charge in [0.2, 0.25) is 0 Å². The van der Waals surface area contributed by atoms with Crippen LogP contribution in [0.25, 0.3) is 0 Å². The molecule has 0 atom stereocenters. The van der Waals surface area contributed by atoms with Crippen LogP contribution in [0.3, 0.4) is 0 Å². The maximum atomic E-state index is 13.7. The first-order valence-corrected chi connectivity index (χ1v) is 8.67. The Morgan fingerprint density at radius 1 is 1.15 bits per heavy atom. The largest absolute Gasteiger partial charge is 0.487 e. The van der Waals surface area contributed by atoms with Crippen molar-refractivity contribution in [3.05, 3.63) is 29.8 Å². The molecule has 0 amide bonds. The van der Waals surface area contributed by atoms with Crippen molar-refractivity contribution in [2.75, 3.05) is 0 Å². The lowest BCUT2D eigenvalue weighted by Gasteiger charge is -2.30. The second-order valence-electron chi connectivity index (χ2n) is 7.15. The van der Waals surface area contributed by atoms with Gasteiger partial charge in [-0.1, -0.05) is 6.92 Å². The molecule has 0 radical (unpaired) electrons. The van der Waals surface area contributed by atoms with E-state index in [1.807, 2.05) is 0 Å². The lowest BCUT2D eigenvalue weighted by molar-refractivity contribution is -0.200. The first-order valence-electron chi connectivity index (χ1n) is 8.67. The Morgan fingerprint density at radius 2 is 1.69 bits per heavy atom. The molecule has 144 valence electrons. The van der Waals surface area contributed by atoms with Gasteiger partial charge in [0.25, 0.3) is 0 Å². The number of alkyl halides is 2. The van der Waals surface area contributed by atoms with Crippen LogP contribution >= 0.6 is 0 Å². The van der Waals surface area contributed by atoms with Crippen LogP contribution in [0.2, 0.25) is 0 Å². The zero-order chi connectivity index (χ0) is 19.6. The van der Waals surface area contributed by atoms with Crippen LogP contribution in [0.4, 0.5) is 8.78 Å². The number of benzene rings is 1. The molecule has 1 aromatic rings. The van der Waals surface area contributed by atoms with Gasteiger partial charge in [0, 0.05) is 0 Å². The highest BCUT2D eigenvalue weighted by Gasteiger charge is 2.56. The highest BCUT2D eigenvalue weighted by atomic mass is 19.3. The Balaban J connectivity index is 2.08. The van der Waals surface area contributed by atoms with Crippen molar-refractivity contribution in [3.63, 3.8) is 0 Å². The van der Waals surface area contributed by atoms with Crippen molar-refractivity contribution in [1.82, 2.24) is 0 Å². The van der Waals surface area contributed by atoms with E-state index >= 15 is 0 Å². The van der Waals surface area contributed by atoms with Crippen LogP contribution in [-0.2, 0) is 9.53 Å². The monoisotopic (exact) mass is 370 g/mol. The Morgan fingerprint density at radius 3 is 2.15 bits per heavy atom. The molecule has 0 saturated heterocycles. The Hall–Kier alpha value is -2.18. The minimum absolute atomic E-state index is 0.0450. The SMILES string of the molecule is CCC1(Oc2ccc(C(=O)OC(C)(C)C(F)(F)C(=O)O)cc2)CCCC1. The Labute approximate surface area is 151 Å². The van der Waals surface area contributed by atoms with Crippen LogP contribution in [0.15, 0.2) is 24.3 Å². The smallest absolute Gasteiger partial charge is 0.380 e. The summed E-state index contributed by atoms with van der Waals surface area (Å²) in [7, 11) is 0. The molecule has 7 heteroatoms. The number of carbonyl (C=O) groups is 2. The fraction of sp³-hybridized carbons (Fsp3) is 0.579. The molecule has 1 aromatic carbocycles. The number of carboxylic acid groups (broad SMARTS) is 1. The third kappa shape index (κ3) is 3.97. The molecular weight excluding hydrogens is 346 g/mol. The van der Waals surface area contributed by atoms with E-state index in [1.54, 1.807) is 12.1 Å². The standard InChI is InChI=1S/C19H24F2O5/c1-4-18(11-5-6-12-18)25-14-9-7-13(8-10-14)15(22)26-17(2,3)19(20,21)16(23)24/h7-10H,4-6,11-12H2,1-3H3,(H,23,24). The van der Waals surface area contributed by atoms with E-state index in [0.29, 0.717) is 5.75 Å². The Kier molecular flexibility index (Phi) is 5.58. The fourth-order valence-electron chi connectivity index (χ4n) is 3.07. The maximum absolute atomic E-state index is 13.7. The zero-order valence-electron chi connectivity index (χ0n) is 15.2. The minimum atomic E-state index is -4.21. The molecule has 0 spiro atoms. The van der Waals surface area contributed by atoms with Gasteiger partial charge in [-0.15, -0.1) is 0 Å². The lowest BCUT2D eigenvalue weighted by atomic mass is 9.98. The summed E-state index contributed by atoms with van der Waals surface area (Å²) in [6.45, 7) is 3.80. The van der Waals surface area contributed by atoms with Crippen molar-refractivity contribution in [2.24, 2.45) is 0 Å². The summed E-state index contributed by atoms with van der Waals surface area (Å²) in [4.78, 5) is 22.8. The van der Waals surface area contributed by atoms with Gasteiger partial charge < -0.3 is 14.6 Å². The van der Waals surface area contributed by atoms with Gasteiger partial charge in [-0.2, -0.15) is 8.78 Å². The second kappa shape index (κ2) is 7.21. The average molecular weight is 370 g/mol. The normalized spacial score (nSPS) is 17.0. The van der Waals surface area contributed by atoms with E-state index in [4.69, 9.17) is 14.6 Å². The molecule has 0 heterocycles. The minimum Gasteiger partial charge on any atom is -0.487 e. The number of hydrogen-bond acceptors (Lipinski definition) is 4. The molecule has 5 nitrogen and oxygen atoms in total. The van der Waals surface area contributed by atoms with E-state index in [2.05, 4.69) is 6.92 Å². The highest BCUT2D eigenvalue weighted by Crippen LogP contribution is 2.37. The van der Waals surface area contributed by atoms with Crippen molar-refractivity contribution in [1.29, 1.82) is 0 Å². The molecule has 2 rings (SSSR count). The van der Waals surface area contributed by atoms with E-state index in [-0.39, 0.29) is 11.2 Å². The number of carboxylic acids is 1. The summed E-state index contributed by atoms with van der Waals surface area (Å²) in [5.41, 5.74) is -2.63. The number of aliphatic carboxylic acids is 1. The summed E-state index contributed by atoms with van der Waals surface area (Å²) in [5, 5.41) is 8.62. The van der Waals surface area contributed by atoms with Gasteiger partial charge in [-0.25, -0.2) is 9.59 Å². The molecule has 0 unspecified atom stereocenters. The molecule has 0 aromatic heterocycles. The zero-order valence-corrected chi connectivity index (χ0v) is 15.2. The van der Waals surface area contributed by atoms with Gasteiger partial charge in [0.15, 0.2) is 5.60 Å². The van der Waals surface area contributed by atoms with Crippen molar-refractivity contribution < 1.29 is 33.0 Å². The molecule has 1 saturated carbocycles. The summed E-state index contributed by atoms with van der Waals surface area (Å²) in [5.74, 6) is -6.98. The predicted molar refractivity (Wildman–Crippen MR) is 90.6 cm³/mol.